The second-order valence-electron chi connectivity index (χ2n) is 4.20. The standard InChI is InChI=1S/C16H14O2S2/c1-2-13(17)16(18)11-7-9-12(10-8-11)20-15-6-4-3-5-14(15)19/h3-10,19H,2H2,1H3. The van der Waals surface area contributed by atoms with Crippen molar-refractivity contribution in [3.63, 3.8) is 0 Å². The Morgan fingerprint density at radius 3 is 2.30 bits per heavy atom. The van der Waals surface area contributed by atoms with Crippen LogP contribution in [0.3, 0.4) is 0 Å². The Labute approximate surface area is 128 Å². The third-order valence-corrected chi connectivity index (χ3v) is 4.41. The highest BCUT2D eigenvalue weighted by Gasteiger charge is 2.13. The SMILES string of the molecule is CCC(=O)C(=O)c1ccc(Sc2ccccc2S)cc1. The molecule has 2 aromatic carbocycles. The predicted octanol–water partition coefficient (Wildman–Crippen LogP) is 4.29. The first kappa shape index (κ1) is 14.9. The Morgan fingerprint density at radius 1 is 1.05 bits per heavy atom. The van der Waals surface area contributed by atoms with Gasteiger partial charge in [-0.05, 0) is 36.4 Å². The van der Waals surface area contributed by atoms with Crippen LogP contribution in [0.5, 0.6) is 0 Å². The minimum atomic E-state index is -0.418. The summed E-state index contributed by atoms with van der Waals surface area (Å²) in [5.74, 6) is -0.773. The predicted molar refractivity (Wildman–Crippen MR) is 83.9 cm³/mol. The normalized spacial score (nSPS) is 10.3. The molecule has 0 aliphatic heterocycles. The molecule has 0 amide bonds. The lowest BCUT2D eigenvalue weighted by molar-refractivity contribution is -0.114. The van der Waals surface area contributed by atoms with Gasteiger partial charge in [-0.3, -0.25) is 9.59 Å². The highest BCUT2D eigenvalue weighted by Crippen LogP contribution is 2.32. The van der Waals surface area contributed by atoms with E-state index in [2.05, 4.69) is 12.6 Å². The van der Waals surface area contributed by atoms with Gasteiger partial charge < -0.3 is 0 Å². The molecule has 0 bridgehead atoms. The van der Waals surface area contributed by atoms with E-state index in [0.717, 1.165) is 14.7 Å². The second-order valence-corrected chi connectivity index (χ2v) is 5.80. The minimum Gasteiger partial charge on any atom is -0.290 e. The number of hydrogen-bond acceptors (Lipinski definition) is 4. The molecular weight excluding hydrogens is 288 g/mol. The summed E-state index contributed by atoms with van der Waals surface area (Å²) in [7, 11) is 0. The van der Waals surface area contributed by atoms with E-state index in [1.807, 2.05) is 36.4 Å². The highest BCUT2D eigenvalue weighted by molar-refractivity contribution is 7.99. The summed E-state index contributed by atoms with van der Waals surface area (Å²) in [6.07, 6.45) is 0.238. The average Bonchev–Trinajstić information content (AvgIpc) is 2.49. The van der Waals surface area contributed by atoms with Gasteiger partial charge in [0.05, 0.1) is 0 Å². The van der Waals surface area contributed by atoms with Gasteiger partial charge in [-0.25, -0.2) is 0 Å². The molecule has 4 heteroatoms. The number of hydrogen-bond donors (Lipinski definition) is 1. The van der Waals surface area contributed by atoms with Crippen molar-refractivity contribution in [2.75, 3.05) is 0 Å². The molecule has 0 heterocycles. The Hall–Kier alpha value is -1.52. The van der Waals surface area contributed by atoms with Gasteiger partial charge in [0.2, 0.25) is 11.6 Å². The molecule has 20 heavy (non-hydrogen) atoms. The summed E-state index contributed by atoms with van der Waals surface area (Å²) in [6.45, 7) is 1.69. The number of ketones is 2. The zero-order valence-corrected chi connectivity index (χ0v) is 12.7. The van der Waals surface area contributed by atoms with E-state index in [1.54, 1.807) is 30.8 Å². The zero-order valence-electron chi connectivity index (χ0n) is 11.0. The lowest BCUT2D eigenvalue weighted by atomic mass is 10.1. The van der Waals surface area contributed by atoms with Crippen LogP contribution in [0.2, 0.25) is 0 Å². The first-order chi connectivity index (χ1) is 9.61. The number of Topliss-reactive ketones (excluding diaryl/α,β-unsaturated/α-hetero) is 2. The Balaban J connectivity index is 2.15. The van der Waals surface area contributed by atoms with E-state index in [9.17, 15) is 9.59 Å². The van der Waals surface area contributed by atoms with E-state index in [-0.39, 0.29) is 12.2 Å². The summed E-state index contributed by atoms with van der Waals surface area (Å²) in [5.41, 5.74) is 0.445. The molecule has 0 spiro atoms. The van der Waals surface area contributed by atoms with E-state index < -0.39 is 5.78 Å². The molecule has 0 aromatic heterocycles. The Bertz CT molecular complexity index is 633. The van der Waals surface area contributed by atoms with E-state index in [1.165, 1.54) is 0 Å². The first-order valence-electron chi connectivity index (χ1n) is 6.25. The van der Waals surface area contributed by atoms with Gasteiger partial charge >= 0.3 is 0 Å². The fourth-order valence-electron chi connectivity index (χ4n) is 1.67. The van der Waals surface area contributed by atoms with Crippen LogP contribution >= 0.6 is 24.4 Å². The summed E-state index contributed by atoms with van der Waals surface area (Å²) in [6, 6.07) is 14.9. The lowest BCUT2D eigenvalue weighted by Gasteiger charge is -2.05. The molecule has 0 N–H and O–H groups in total. The van der Waals surface area contributed by atoms with Crippen LogP contribution in [-0.2, 0) is 4.79 Å². The molecule has 0 saturated carbocycles. The van der Waals surface area contributed by atoms with Crippen molar-refractivity contribution in [1.82, 2.24) is 0 Å². The van der Waals surface area contributed by atoms with Gasteiger partial charge in [-0.1, -0.05) is 30.8 Å². The van der Waals surface area contributed by atoms with Crippen LogP contribution in [0, 0.1) is 0 Å². The third kappa shape index (κ3) is 3.52. The lowest BCUT2D eigenvalue weighted by Crippen LogP contribution is -2.12. The second kappa shape index (κ2) is 6.77. The highest BCUT2D eigenvalue weighted by atomic mass is 32.2. The molecule has 0 atom stereocenters. The maximum atomic E-state index is 11.7. The first-order valence-corrected chi connectivity index (χ1v) is 7.51. The number of thiol groups is 1. The molecular formula is C16H14O2S2. The monoisotopic (exact) mass is 302 g/mol. The minimum absolute atomic E-state index is 0.238. The molecule has 102 valence electrons. The fraction of sp³-hybridized carbons (Fsp3) is 0.125. The van der Waals surface area contributed by atoms with Crippen molar-refractivity contribution in [1.29, 1.82) is 0 Å². The zero-order chi connectivity index (χ0) is 14.5. The Morgan fingerprint density at radius 2 is 1.70 bits per heavy atom. The van der Waals surface area contributed by atoms with E-state index >= 15 is 0 Å². The quantitative estimate of drug-likeness (QED) is 0.508. The van der Waals surface area contributed by atoms with Crippen molar-refractivity contribution < 1.29 is 9.59 Å². The van der Waals surface area contributed by atoms with Gasteiger partial charge in [0.1, 0.15) is 0 Å². The van der Waals surface area contributed by atoms with Crippen LogP contribution in [0.15, 0.2) is 63.2 Å². The van der Waals surface area contributed by atoms with Crippen molar-refractivity contribution in [3.05, 3.63) is 54.1 Å². The van der Waals surface area contributed by atoms with Crippen molar-refractivity contribution in [2.24, 2.45) is 0 Å². The maximum absolute atomic E-state index is 11.7. The summed E-state index contributed by atoms with van der Waals surface area (Å²) < 4.78 is 0. The summed E-state index contributed by atoms with van der Waals surface area (Å²) in [5, 5.41) is 0. The molecule has 2 aromatic rings. The summed E-state index contributed by atoms with van der Waals surface area (Å²) >= 11 is 5.98. The Kier molecular flexibility index (Phi) is 5.04. The van der Waals surface area contributed by atoms with Crippen LogP contribution in [0.1, 0.15) is 23.7 Å². The summed E-state index contributed by atoms with van der Waals surface area (Å²) in [4.78, 5) is 26.1. The van der Waals surface area contributed by atoms with Gasteiger partial charge in [-0.15, -0.1) is 12.6 Å². The van der Waals surface area contributed by atoms with Gasteiger partial charge in [0.15, 0.2) is 0 Å². The molecule has 0 radical (unpaired) electrons. The van der Waals surface area contributed by atoms with Crippen LogP contribution < -0.4 is 0 Å². The van der Waals surface area contributed by atoms with Crippen molar-refractivity contribution >= 4 is 36.0 Å². The molecule has 2 rings (SSSR count). The number of carbonyl (C=O) groups excluding carboxylic acids is 2. The van der Waals surface area contributed by atoms with E-state index in [0.29, 0.717) is 5.56 Å². The molecule has 0 saturated heterocycles. The number of rotatable bonds is 5. The smallest absolute Gasteiger partial charge is 0.228 e. The molecule has 0 unspecified atom stereocenters. The topological polar surface area (TPSA) is 34.1 Å². The molecule has 2 nitrogen and oxygen atoms in total. The van der Waals surface area contributed by atoms with Crippen LogP contribution in [0.4, 0.5) is 0 Å². The van der Waals surface area contributed by atoms with Gasteiger partial charge in [-0.2, -0.15) is 0 Å². The van der Waals surface area contributed by atoms with Gasteiger partial charge in [0, 0.05) is 26.7 Å². The average molecular weight is 302 g/mol. The molecule has 0 fully saturated rings. The molecule has 0 aliphatic rings. The maximum Gasteiger partial charge on any atom is 0.228 e. The fourth-order valence-corrected chi connectivity index (χ4v) is 2.81. The van der Waals surface area contributed by atoms with E-state index in [4.69, 9.17) is 0 Å². The van der Waals surface area contributed by atoms with Crippen molar-refractivity contribution in [3.8, 4) is 0 Å². The van der Waals surface area contributed by atoms with Crippen LogP contribution in [-0.4, -0.2) is 11.6 Å². The third-order valence-electron chi connectivity index (χ3n) is 2.78. The number of carbonyl (C=O) groups is 2. The number of benzene rings is 2. The van der Waals surface area contributed by atoms with Crippen molar-refractivity contribution in [2.45, 2.75) is 28.0 Å². The molecule has 0 aliphatic carbocycles. The van der Waals surface area contributed by atoms with Crippen LogP contribution in [0.25, 0.3) is 0 Å². The van der Waals surface area contributed by atoms with Gasteiger partial charge in [0.25, 0.3) is 0 Å². The largest absolute Gasteiger partial charge is 0.290 e.